The number of amidine groups is 1. The quantitative estimate of drug-likeness (QED) is 0.307. The van der Waals surface area contributed by atoms with E-state index in [9.17, 15) is 0 Å². The highest BCUT2D eigenvalue weighted by Crippen LogP contribution is 2.18. The van der Waals surface area contributed by atoms with E-state index in [1.54, 1.807) is 18.2 Å². The molecule has 110 valence electrons. The van der Waals surface area contributed by atoms with Gasteiger partial charge in [0.15, 0.2) is 0 Å². The van der Waals surface area contributed by atoms with Crippen LogP contribution in [0.3, 0.4) is 0 Å². The third kappa shape index (κ3) is 4.40. The second kappa shape index (κ2) is 7.12. The number of rotatable bonds is 6. The predicted molar refractivity (Wildman–Crippen MR) is 79.2 cm³/mol. The van der Waals surface area contributed by atoms with Gasteiger partial charge in [-0.1, -0.05) is 0 Å². The summed E-state index contributed by atoms with van der Waals surface area (Å²) in [4.78, 5) is 2.37. The zero-order valence-corrected chi connectivity index (χ0v) is 11.6. The maximum Gasteiger partial charge on any atom is 0.122 e. The molecule has 0 unspecified atom stereocenters. The van der Waals surface area contributed by atoms with E-state index in [1.165, 1.54) is 0 Å². The van der Waals surface area contributed by atoms with Crippen LogP contribution in [0.5, 0.6) is 5.75 Å². The molecule has 0 aliphatic carbocycles. The van der Waals surface area contributed by atoms with E-state index in [1.807, 2.05) is 0 Å². The standard InChI is InChI=1S/C14H22N4O2/c15-12-8-11(14(16)17)9-13(10-12)20-5-1-2-18-3-6-19-7-4-18/h8-10H,1-7,15H2,(H3,16,17). The molecule has 1 heterocycles. The van der Waals surface area contributed by atoms with Crippen LogP contribution >= 0.6 is 0 Å². The molecule has 1 saturated heterocycles. The van der Waals surface area contributed by atoms with Crippen LogP contribution in [0.15, 0.2) is 18.2 Å². The number of nitrogens with two attached hydrogens (primary N) is 2. The molecule has 0 saturated carbocycles. The Balaban J connectivity index is 1.77. The zero-order valence-electron chi connectivity index (χ0n) is 11.6. The molecular weight excluding hydrogens is 256 g/mol. The van der Waals surface area contributed by atoms with Crippen LogP contribution < -0.4 is 16.2 Å². The average molecular weight is 278 g/mol. The van der Waals surface area contributed by atoms with Crippen molar-refractivity contribution in [2.45, 2.75) is 6.42 Å². The molecule has 20 heavy (non-hydrogen) atoms. The fraction of sp³-hybridized carbons (Fsp3) is 0.500. The van der Waals surface area contributed by atoms with E-state index in [-0.39, 0.29) is 5.84 Å². The fourth-order valence-electron chi connectivity index (χ4n) is 2.16. The Hall–Kier alpha value is -1.79. The smallest absolute Gasteiger partial charge is 0.122 e. The van der Waals surface area contributed by atoms with E-state index >= 15 is 0 Å². The van der Waals surface area contributed by atoms with Crippen LogP contribution in [-0.2, 0) is 4.74 Å². The third-order valence-corrected chi connectivity index (χ3v) is 3.23. The predicted octanol–water partition coefficient (Wildman–Crippen LogP) is 0.654. The first-order valence-electron chi connectivity index (χ1n) is 6.83. The molecule has 0 spiro atoms. The summed E-state index contributed by atoms with van der Waals surface area (Å²) in [6.07, 6.45) is 0.949. The lowest BCUT2D eigenvalue weighted by atomic mass is 10.2. The topological polar surface area (TPSA) is 97.6 Å². The fourth-order valence-corrected chi connectivity index (χ4v) is 2.16. The molecule has 1 aromatic carbocycles. The van der Waals surface area contributed by atoms with Gasteiger partial charge in [-0.3, -0.25) is 10.3 Å². The summed E-state index contributed by atoms with van der Waals surface area (Å²) in [7, 11) is 0. The molecule has 1 fully saturated rings. The number of nitrogen functional groups attached to an aromatic ring is 2. The van der Waals surface area contributed by atoms with Gasteiger partial charge in [0.25, 0.3) is 0 Å². The molecule has 0 bridgehead atoms. The van der Waals surface area contributed by atoms with E-state index in [0.29, 0.717) is 23.6 Å². The van der Waals surface area contributed by atoms with E-state index in [2.05, 4.69) is 4.90 Å². The first-order chi connectivity index (χ1) is 9.65. The molecular formula is C14H22N4O2. The Morgan fingerprint density at radius 3 is 2.75 bits per heavy atom. The van der Waals surface area contributed by atoms with Gasteiger partial charge in [0.1, 0.15) is 11.6 Å². The lowest BCUT2D eigenvalue weighted by Gasteiger charge is -2.26. The summed E-state index contributed by atoms with van der Waals surface area (Å²) >= 11 is 0. The molecule has 0 atom stereocenters. The van der Waals surface area contributed by atoms with Gasteiger partial charge in [-0.2, -0.15) is 0 Å². The number of nitrogens with one attached hydrogen (secondary N) is 1. The maximum absolute atomic E-state index is 7.42. The summed E-state index contributed by atoms with van der Waals surface area (Å²) < 4.78 is 11.0. The van der Waals surface area contributed by atoms with Gasteiger partial charge in [0.05, 0.1) is 19.8 Å². The Kier molecular flexibility index (Phi) is 5.20. The summed E-state index contributed by atoms with van der Waals surface area (Å²) in [5, 5.41) is 7.42. The molecule has 2 rings (SSSR count). The van der Waals surface area contributed by atoms with Gasteiger partial charge in [-0.15, -0.1) is 0 Å². The number of morpholine rings is 1. The lowest BCUT2D eigenvalue weighted by molar-refractivity contribution is 0.0358. The summed E-state index contributed by atoms with van der Waals surface area (Å²) in [5.41, 5.74) is 12.4. The van der Waals surface area contributed by atoms with Gasteiger partial charge >= 0.3 is 0 Å². The molecule has 6 nitrogen and oxygen atoms in total. The normalized spacial score (nSPS) is 16.0. The van der Waals surface area contributed by atoms with Crippen molar-refractivity contribution in [1.29, 1.82) is 5.41 Å². The third-order valence-electron chi connectivity index (χ3n) is 3.23. The number of ether oxygens (including phenoxy) is 2. The van der Waals surface area contributed by atoms with Crippen molar-refractivity contribution in [3.63, 3.8) is 0 Å². The van der Waals surface area contributed by atoms with Crippen LogP contribution in [-0.4, -0.2) is 50.2 Å². The molecule has 5 N–H and O–H groups in total. The highest BCUT2D eigenvalue weighted by atomic mass is 16.5. The molecule has 1 aliphatic heterocycles. The minimum absolute atomic E-state index is 0.00420. The molecule has 6 heteroatoms. The van der Waals surface area contributed by atoms with Crippen molar-refractivity contribution >= 4 is 11.5 Å². The van der Waals surface area contributed by atoms with Crippen molar-refractivity contribution in [3.05, 3.63) is 23.8 Å². The number of hydrogen-bond donors (Lipinski definition) is 3. The summed E-state index contributed by atoms with van der Waals surface area (Å²) in [5.74, 6) is 0.660. The Bertz CT molecular complexity index is 458. The molecule has 1 aliphatic rings. The van der Waals surface area contributed by atoms with Gasteiger partial charge < -0.3 is 20.9 Å². The molecule has 0 amide bonds. The zero-order chi connectivity index (χ0) is 14.4. The van der Waals surface area contributed by atoms with Crippen molar-refractivity contribution in [1.82, 2.24) is 4.90 Å². The van der Waals surface area contributed by atoms with Crippen molar-refractivity contribution in [2.75, 3.05) is 45.2 Å². The van der Waals surface area contributed by atoms with Gasteiger partial charge in [0, 0.05) is 37.0 Å². The number of hydrogen-bond acceptors (Lipinski definition) is 5. The van der Waals surface area contributed by atoms with Gasteiger partial charge in [-0.25, -0.2) is 0 Å². The second-order valence-corrected chi connectivity index (χ2v) is 4.86. The highest BCUT2D eigenvalue weighted by molar-refractivity contribution is 5.96. The van der Waals surface area contributed by atoms with Gasteiger partial charge in [0.2, 0.25) is 0 Å². The monoisotopic (exact) mass is 278 g/mol. The van der Waals surface area contributed by atoms with Crippen LogP contribution in [0.1, 0.15) is 12.0 Å². The summed E-state index contributed by atoms with van der Waals surface area (Å²) in [6.45, 7) is 5.25. The van der Waals surface area contributed by atoms with Crippen molar-refractivity contribution in [3.8, 4) is 5.75 Å². The van der Waals surface area contributed by atoms with E-state index in [4.69, 9.17) is 26.4 Å². The van der Waals surface area contributed by atoms with Crippen LogP contribution in [0, 0.1) is 5.41 Å². The van der Waals surface area contributed by atoms with Gasteiger partial charge in [-0.05, 0) is 18.6 Å². The largest absolute Gasteiger partial charge is 0.493 e. The minimum atomic E-state index is -0.00420. The van der Waals surface area contributed by atoms with Crippen LogP contribution in [0.2, 0.25) is 0 Å². The Labute approximate surface area is 119 Å². The Morgan fingerprint density at radius 2 is 2.05 bits per heavy atom. The first-order valence-corrected chi connectivity index (χ1v) is 6.83. The lowest BCUT2D eigenvalue weighted by Crippen LogP contribution is -2.37. The first kappa shape index (κ1) is 14.6. The Morgan fingerprint density at radius 1 is 1.30 bits per heavy atom. The average Bonchev–Trinajstić information content (AvgIpc) is 2.44. The number of nitrogens with zero attached hydrogens (tertiary/aromatic N) is 1. The van der Waals surface area contributed by atoms with Crippen molar-refractivity contribution < 1.29 is 9.47 Å². The minimum Gasteiger partial charge on any atom is -0.493 e. The number of anilines is 1. The number of benzene rings is 1. The molecule has 0 aromatic heterocycles. The molecule has 0 radical (unpaired) electrons. The highest BCUT2D eigenvalue weighted by Gasteiger charge is 2.09. The summed E-state index contributed by atoms with van der Waals surface area (Å²) in [6, 6.07) is 5.16. The van der Waals surface area contributed by atoms with E-state index < -0.39 is 0 Å². The second-order valence-electron chi connectivity index (χ2n) is 4.86. The van der Waals surface area contributed by atoms with Crippen molar-refractivity contribution in [2.24, 2.45) is 5.73 Å². The van der Waals surface area contributed by atoms with Crippen LogP contribution in [0.4, 0.5) is 5.69 Å². The van der Waals surface area contributed by atoms with Crippen LogP contribution in [0.25, 0.3) is 0 Å². The maximum atomic E-state index is 7.42. The van der Waals surface area contributed by atoms with E-state index in [0.717, 1.165) is 39.3 Å². The SMILES string of the molecule is N=C(N)c1cc(N)cc(OCCCN2CCOCC2)c1. The molecule has 1 aromatic rings.